The molecule has 2 atom stereocenters. The molecule has 0 N–H and O–H groups in total. The quantitative estimate of drug-likeness (QED) is 0.582. The maximum absolute atomic E-state index is 13.0. The molecule has 1 aliphatic rings. The van der Waals surface area contributed by atoms with Crippen LogP contribution in [0.5, 0.6) is 11.5 Å². The molecule has 2 aromatic carbocycles. The summed E-state index contributed by atoms with van der Waals surface area (Å²) in [6.07, 6.45) is 1.43. The van der Waals surface area contributed by atoms with Gasteiger partial charge in [-0.2, -0.15) is 5.26 Å². The molecule has 2 aromatic rings. The first-order valence-corrected chi connectivity index (χ1v) is 9.39. The van der Waals surface area contributed by atoms with E-state index in [1.54, 1.807) is 24.3 Å². The number of allylic oxidation sites excluding steroid dienone is 1. The second-order valence-electron chi connectivity index (χ2n) is 7.16. The van der Waals surface area contributed by atoms with E-state index in [4.69, 9.17) is 32.7 Å². The van der Waals surface area contributed by atoms with E-state index in [-0.39, 0.29) is 4.49 Å². The van der Waals surface area contributed by atoms with Crippen molar-refractivity contribution >= 4 is 29.2 Å². The lowest BCUT2D eigenvalue weighted by Crippen LogP contribution is -2.30. The minimum Gasteiger partial charge on any atom is -0.468 e. The van der Waals surface area contributed by atoms with Crippen molar-refractivity contribution in [1.29, 1.82) is 5.26 Å². The van der Waals surface area contributed by atoms with Crippen molar-refractivity contribution in [3.8, 4) is 17.6 Å². The first-order valence-electron chi connectivity index (χ1n) is 8.64. The minimum atomic E-state index is -1.27. The molecule has 0 amide bonds. The van der Waals surface area contributed by atoms with E-state index in [0.717, 1.165) is 0 Å². The zero-order valence-corrected chi connectivity index (χ0v) is 17.2. The van der Waals surface area contributed by atoms with E-state index >= 15 is 0 Å². The molecule has 28 heavy (non-hydrogen) atoms. The van der Waals surface area contributed by atoms with Crippen LogP contribution >= 0.6 is 23.2 Å². The van der Waals surface area contributed by atoms with Crippen molar-refractivity contribution in [2.75, 3.05) is 7.11 Å². The zero-order chi connectivity index (χ0) is 20.6. The highest BCUT2D eigenvalue weighted by molar-refractivity contribution is 6.56. The SMILES string of the molecule is COC(=O)[C@@]1(c2cccc(Oc3ccccc3)c2)C(C)(C)C1(C#N)C=C(Cl)Cl. The highest BCUT2D eigenvalue weighted by Crippen LogP contribution is 2.79. The maximum atomic E-state index is 13.0. The molecular weight excluding hydrogens is 397 g/mol. The number of ether oxygens (including phenoxy) is 2. The van der Waals surface area contributed by atoms with Gasteiger partial charge in [0.15, 0.2) is 0 Å². The average Bonchev–Trinajstić information content (AvgIpc) is 3.11. The minimum absolute atomic E-state index is 0.0721. The lowest BCUT2D eigenvalue weighted by atomic mass is 9.85. The standard InChI is InChI=1S/C22H19Cl2NO3/c1-20(2)21(14-25,13-18(23)24)22(20,19(26)27-3)15-8-7-11-17(12-15)28-16-9-5-4-6-10-16/h4-13H,1-3H3/t21?,22-/m0/s1. The molecular formula is C22H19Cl2NO3. The van der Waals surface area contributed by atoms with Crippen molar-refractivity contribution in [1.82, 2.24) is 0 Å². The molecule has 0 spiro atoms. The summed E-state index contributed by atoms with van der Waals surface area (Å²) in [7, 11) is 1.30. The van der Waals surface area contributed by atoms with E-state index in [1.807, 2.05) is 44.2 Å². The molecule has 0 radical (unpaired) electrons. The van der Waals surface area contributed by atoms with E-state index in [2.05, 4.69) is 6.07 Å². The van der Waals surface area contributed by atoms with Gasteiger partial charge in [0.05, 0.1) is 13.2 Å². The Morgan fingerprint density at radius 3 is 2.29 bits per heavy atom. The van der Waals surface area contributed by atoms with Gasteiger partial charge in [-0.3, -0.25) is 4.79 Å². The van der Waals surface area contributed by atoms with E-state index in [0.29, 0.717) is 17.1 Å². The van der Waals surface area contributed by atoms with Gasteiger partial charge in [-0.05, 0) is 35.9 Å². The van der Waals surface area contributed by atoms with E-state index in [1.165, 1.54) is 13.2 Å². The highest BCUT2D eigenvalue weighted by Gasteiger charge is 2.87. The smallest absolute Gasteiger partial charge is 0.318 e. The molecule has 0 aliphatic heterocycles. The fraction of sp³-hybridized carbons (Fsp3) is 0.273. The van der Waals surface area contributed by atoms with Gasteiger partial charge in [0.2, 0.25) is 0 Å². The van der Waals surface area contributed by atoms with Crippen molar-refractivity contribution in [2.45, 2.75) is 19.3 Å². The van der Waals surface area contributed by atoms with Crippen LogP contribution in [-0.4, -0.2) is 13.1 Å². The predicted molar refractivity (Wildman–Crippen MR) is 108 cm³/mol. The van der Waals surface area contributed by atoms with Crippen LogP contribution in [0.1, 0.15) is 19.4 Å². The normalized spacial score (nSPS) is 24.6. The predicted octanol–water partition coefficient (Wildman–Crippen LogP) is 5.76. The number of methoxy groups -OCH3 is 1. The lowest BCUT2D eigenvalue weighted by Gasteiger charge is -2.20. The zero-order valence-electron chi connectivity index (χ0n) is 15.7. The Morgan fingerprint density at radius 1 is 1.07 bits per heavy atom. The molecule has 1 saturated carbocycles. The van der Waals surface area contributed by atoms with Gasteiger partial charge in [0, 0.05) is 5.41 Å². The second-order valence-corrected chi connectivity index (χ2v) is 8.17. The number of nitriles is 1. The number of hydrogen-bond acceptors (Lipinski definition) is 4. The van der Waals surface area contributed by atoms with Crippen LogP contribution < -0.4 is 4.74 Å². The summed E-state index contributed by atoms with van der Waals surface area (Å²) in [4.78, 5) is 13.0. The van der Waals surface area contributed by atoms with Gasteiger partial charge >= 0.3 is 5.97 Å². The summed E-state index contributed by atoms with van der Waals surface area (Å²) in [5.41, 5.74) is -2.72. The Kier molecular flexibility index (Phi) is 5.18. The van der Waals surface area contributed by atoms with Crippen LogP contribution in [0.2, 0.25) is 0 Å². The molecule has 3 rings (SSSR count). The van der Waals surface area contributed by atoms with Crippen LogP contribution in [0, 0.1) is 22.2 Å². The third-order valence-electron chi connectivity index (χ3n) is 5.69. The molecule has 0 saturated heterocycles. The maximum Gasteiger partial charge on any atom is 0.318 e. The third-order valence-corrected chi connectivity index (χ3v) is 5.91. The number of benzene rings is 2. The van der Waals surface area contributed by atoms with Crippen LogP contribution in [-0.2, 0) is 14.9 Å². The molecule has 0 heterocycles. The Morgan fingerprint density at radius 2 is 1.71 bits per heavy atom. The van der Waals surface area contributed by atoms with Crippen molar-refractivity contribution in [3.05, 3.63) is 70.7 Å². The van der Waals surface area contributed by atoms with Crippen molar-refractivity contribution in [2.24, 2.45) is 10.8 Å². The monoisotopic (exact) mass is 415 g/mol. The van der Waals surface area contributed by atoms with Crippen LogP contribution in [0.3, 0.4) is 0 Å². The summed E-state index contributed by atoms with van der Waals surface area (Å²) >= 11 is 11.8. The Hall–Kier alpha value is -2.48. The largest absolute Gasteiger partial charge is 0.468 e. The number of para-hydroxylation sites is 1. The fourth-order valence-electron chi connectivity index (χ4n) is 4.31. The van der Waals surface area contributed by atoms with Gasteiger partial charge in [-0.1, -0.05) is 67.4 Å². The lowest BCUT2D eigenvalue weighted by molar-refractivity contribution is -0.145. The Labute approximate surface area is 174 Å². The number of carbonyl (C=O) groups is 1. The summed E-state index contributed by atoms with van der Waals surface area (Å²) in [5.74, 6) is 0.682. The van der Waals surface area contributed by atoms with E-state index in [9.17, 15) is 10.1 Å². The molecule has 1 fully saturated rings. The van der Waals surface area contributed by atoms with Gasteiger partial charge in [-0.15, -0.1) is 0 Å². The molecule has 144 valence electrons. The van der Waals surface area contributed by atoms with Gasteiger partial charge in [0.1, 0.15) is 26.8 Å². The number of esters is 1. The summed E-state index contributed by atoms with van der Waals surface area (Å²) in [6.45, 7) is 3.65. The number of halogens is 2. The molecule has 1 unspecified atom stereocenters. The molecule has 0 bridgehead atoms. The number of nitrogens with zero attached hydrogens (tertiary/aromatic N) is 1. The Balaban J connectivity index is 2.15. The first kappa shape index (κ1) is 20.3. The topological polar surface area (TPSA) is 59.3 Å². The number of rotatable bonds is 5. The summed E-state index contributed by atoms with van der Waals surface area (Å²) < 4.78 is 10.9. The third kappa shape index (κ3) is 2.70. The first-order chi connectivity index (χ1) is 13.3. The second kappa shape index (κ2) is 7.16. The van der Waals surface area contributed by atoms with Gasteiger partial charge < -0.3 is 9.47 Å². The van der Waals surface area contributed by atoms with Crippen LogP contribution in [0.25, 0.3) is 0 Å². The fourth-order valence-corrected chi connectivity index (χ4v) is 4.64. The van der Waals surface area contributed by atoms with Crippen molar-refractivity contribution < 1.29 is 14.3 Å². The summed E-state index contributed by atoms with van der Waals surface area (Å²) in [6, 6.07) is 18.7. The molecule has 6 heteroatoms. The number of hydrogen-bond donors (Lipinski definition) is 0. The van der Waals surface area contributed by atoms with Gasteiger partial charge in [-0.25, -0.2) is 0 Å². The van der Waals surface area contributed by atoms with Crippen LogP contribution in [0.15, 0.2) is 65.2 Å². The van der Waals surface area contributed by atoms with Gasteiger partial charge in [0.25, 0.3) is 0 Å². The van der Waals surface area contributed by atoms with Crippen molar-refractivity contribution in [3.63, 3.8) is 0 Å². The molecule has 4 nitrogen and oxygen atoms in total. The molecule has 1 aliphatic carbocycles. The number of carbonyl (C=O) groups excluding carboxylic acids is 1. The molecule has 0 aromatic heterocycles. The highest BCUT2D eigenvalue weighted by atomic mass is 35.5. The van der Waals surface area contributed by atoms with Crippen LogP contribution in [0.4, 0.5) is 0 Å². The summed E-state index contributed by atoms with van der Waals surface area (Å²) in [5, 5.41) is 10.0. The van der Waals surface area contributed by atoms with E-state index < -0.39 is 22.2 Å². The Bertz CT molecular complexity index is 977. The average molecular weight is 416 g/mol.